The van der Waals surface area contributed by atoms with E-state index in [4.69, 9.17) is 30.5 Å². The molecule has 0 bridgehead atoms. The van der Waals surface area contributed by atoms with Crippen LogP contribution >= 0.6 is 11.6 Å². The Kier molecular flexibility index (Phi) is 7.88. The lowest BCUT2D eigenvalue weighted by atomic mass is 9.89. The van der Waals surface area contributed by atoms with Gasteiger partial charge in [0, 0.05) is 24.1 Å². The number of halogens is 1. The summed E-state index contributed by atoms with van der Waals surface area (Å²) in [5.41, 5.74) is 2.03. The highest BCUT2D eigenvalue weighted by Crippen LogP contribution is 2.38. The van der Waals surface area contributed by atoms with E-state index in [1.807, 2.05) is 24.3 Å². The van der Waals surface area contributed by atoms with E-state index in [9.17, 15) is 20.4 Å². The van der Waals surface area contributed by atoms with Crippen molar-refractivity contribution in [2.45, 2.75) is 49.1 Å². The molecular formula is C24H29ClO8. The van der Waals surface area contributed by atoms with Gasteiger partial charge in [-0.05, 0) is 35.4 Å². The number of rotatable bonds is 7. The predicted molar refractivity (Wildman–Crippen MR) is 119 cm³/mol. The van der Waals surface area contributed by atoms with E-state index in [1.165, 1.54) is 0 Å². The van der Waals surface area contributed by atoms with Crippen LogP contribution in [-0.4, -0.2) is 77.9 Å². The summed E-state index contributed by atoms with van der Waals surface area (Å²) < 4.78 is 22.7. The van der Waals surface area contributed by atoms with Crippen LogP contribution in [0.3, 0.4) is 0 Å². The monoisotopic (exact) mass is 480 g/mol. The van der Waals surface area contributed by atoms with Crippen LogP contribution in [0.2, 0.25) is 5.02 Å². The average Bonchev–Trinajstić information content (AvgIpc) is 3.34. The molecule has 2 aliphatic rings. The zero-order valence-electron chi connectivity index (χ0n) is 18.2. The van der Waals surface area contributed by atoms with Crippen LogP contribution < -0.4 is 4.74 Å². The minimum atomic E-state index is -1.46. The Labute approximate surface area is 197 Å². The predicted octanol–water partition coefficient (Wildman–Crippen LogP) is 1.76. The molecule has 7 atom stereocenters. The van der Waals surface area contributed by atoms with Gasteiger partial charge in [-0.2, -0.15) is 0 Å². The Balaban J connectivity index is 1.58. The second-order valence-corrected chi connectivity index (χ2v) is 8.73. The fraction of sp³-hybridized carbons (Fsp3) is 0.500. The quantitative estimate of drug-likeness (QED) is 0.473. The maximum atomic E-state index is 10.5. The number of hydrogen-bond acceptors (Lipinski definition) is 8. The van der Waals surface area contributed by atoms with Gasteiger partial charge in [-0.1, -0.05) is 29.8 Å². The number of hydrogen-bond donors (Lipinski definition) is 4. The Hall–Kier alpha value is -1.75. The van der Waals surface area contributed by atoms with Crippen molar-refractivity contribution in [3.05, 3.63) is 64.2 Å². The van der Waals surface area contributed by atoms with Gasteiger partial charge in [0.1, 0.15) is 48.5 Å². The highest BCUT2D eigenvalue weighted by molar-refractivity contribution is 6.31. The van der Waals surface area contributed by atoms with Gasteiger partial charge in [0.2, 0.25) is 0 Å². The number of ether oxygens (including phenoxy) is 4. The van der Waals surface area contributed by atoms with Gasteiger partial charge in [0.25, 0.3) is 0 Å². The highest BCUT2D eigenvalue weighted by Gasteiger charge is 2.44. The summed E-state index contributed by atoms with van der Waals surface area (Å²) in [4.78, 5) is 0. The van der Waals surface area contributed by atoms with Crippen LogP contribution in [0.25, 0.3) is 0 Å². The highest BCUT2D eigenvalue weighted by atomic mass is 35.5. The first-order valence-electron chi connectivity index (χ1n) is 10.9. The maximum Gasteiger partial charge on any atom is 0.124 e. The molecule has 4 N–H and O–H groups in total. The molecule has 2 aliphatic heterocycles. The second kappa shape index (κ2) is 10.7. The summed E-state index contributed by atoms with van der Waals surface area (Å²) >= 11 is 6.50. The van der Waals surface area contributed by atoms with Gasteiger partial charge < -0.3 is 39.4 Å². The summed E-state index contributed by atoms with van der Waals surface area (Å²) in [5, 5.41) is 40.6. The molecule has 1 unspecified atom stereocenters. The SMILES string of the molecule is COC(c1ccc(O[C@H]2CCOC2)cc1)c1cc([C@@H]2O[C@H](CO)[C@@H](O)[C@H](O)[C@H]2O)ccc1Cl. The van der Waals surface area contributed by atoms with Crippen molar-refractivity contribution in [1.29, 1.82) is 0 Å². The molecule has 0 saturated carbocycles. The largest absolute Gasteiger partial charge is 0.488 e. The summed E-state index contributed by atoms with van der Waals surface area (Å²) in [6, 6.07) is 12.6. The van der Waals surface area contributed by atoms with Crippen molar-refractivity contribution < 1.29 is 39.4 Å². The minimum Gasteiger partial charge on any atom is -0.488 e. The van der Waals surface area contributed by atoms with Crippen molar-refractivity contribution >= 4 is 11.6 Å². The fourth-order valence-electron chi connectivity index (χ4n) is 4.28. The Morgan fingerprint density at radius 2 is 1.82 bits per heavy atom. The summed E-state index contributed by atoms with van der Waals surface area (Å²) in [6.45, 7) is 0.796. The molecule has 2 aromatic rings. The molecule has 2 saturated heterocycles. The van der Waals surface area contributed by atoms with Crippen LogP contribution in [0.15, 0.2) is 42.5 Å². The standard InChI is InChI=1S/C24H29ClO8/c1-30-23(13-2-5-15(6-3-13)32-16-8-9-31-12-16)17-10-14(4-7-18(17)25)24-22(29)21(28)20(27)19(11-26)33-24/h2-7,10,16,19-24,26-29H,8-9,11-12H2,1H3/t16-,19+,20+,21-,22+,23?,24-/m0/s1. The van der Waals surface area contributed by atoms with Gasteiger partial charge in [-0.25, -0.2) is 0 Å². The van der Waals surface area contributed by atoms with Crippen LogP contribution in [0, 0.1) is 0 Å². The molecule has 0 aromatic heterocycles. The van der Waals surface area contributed by atoms with E-state index in [1.54, 1.807) is 25.3 Å². The summed E-state index contributed by atoms with van der Waals surface area (Å²) in [7, 11) is 1.57. The average molecular weight is 481 g/mol. The Morgan fingerprint density at radius 3 is 2.45 bits per heavy atom. The number of methoxy groups -OCH3 is 1. The zero-order chi connectivity index (χ0) is 23.5. The van der Waals surface area contributed by atoms with Crippen LogP contribution in [0.5, 0.6) is 5.75 Å². The molecule has 180 valence electrons. The molecule has 2 heterocycles. The molecule has 2 aromatic carbocycles. The van der Waals surface area contributed by atoms with E-state index >= 15 is 0 Å². The third kappa shape index (κ3) is 5.18. The first-order chi connectivity index (χ1) is 15.9. The normalized spacial score (nSPS) is 30.8. The topological polar surface area (TPSA) is 118 Å². The fourth-order valence-corrected chi connectivity index (χ4v) is 4.50. The van der Waals surface area contributed by atoms with E-state index in [-0.39, 0.29) is 6.10 Å². The third-order valence-electron chi connectivity index (χ3n) is 6.13. The molecule has 4 rings (SSSR count). The first kappa shape index (κ1) is 24.4. The smallest absolute Gasteiger partial charge is 0.124 e. The van der Waals surface area contributed by atoms with Gasteiger partial charge >= 0.3 is 0 Å². The molecule has 33 heavy (non-hydrogen) atoms. The van der Waals surface area contributed by atoms with Gasteiger partial charge in [0.05, 0.1) is 19.8 Å². The van der Waals surface area contributed by atoms with Crippen LogP contribution in [0.1, 0.15) is 35.3 Å². The Bertz CT molecular complexity index is 915. The molecule has 0 aliphatic carbocycles. The van der Waals surface area contributed by atoms with Gasteiger partial charge in [-0.15, -0.1) is 0 Å². The van der Waals surface area contributed by atoms with Gasteiger partial charge in [-0.3, -0.25) is 0 Å². The van der Waals surface area contributed by atoms with E-state index in [2.05, 4.69) is 0 Å². The third-order valence-corrected chi connectivity index (χ3v) is 6.48. The Morgan fingerprint density at radius 1 is 1.06 bits per heavy atom. The summed E-state index contributed by atoms with van der Waals surface area (Å²) in [5.74, 6) is 0.741. The van der Waals surface area contributed by atoms with Crippen LogP contribution in [0.4, 0.5) is 0 Å². The summed E-state index contributed by atoms with van der Waals surface area (Å²) in [6.07, 6.45) is -5.81. The first-order valence-corrected chi connectivity index (χ1v) is 11.3. The molecular weight excluding hydrogens is 452 g/mol. The van der Waals surface area contributed by atoms with Crippen molar-refractivity contribution in [2.75, 3.05) is 26.9 Å². The lowest BCUT2D eigenvalue weighted by molar-refractivity contribution is -0.231. The lowest BCUT2D eigenvalue weighted by Crippen LogP contribution is -2.55. The minimum absolute atomic E-state index is 0.0544. The van der Waals surface area contributed by atoms with Crippen molar-refractivity contribution in [2.24, 2.45) is 0 Å². The lowest BCUT2D eigenvalue weighted by Gasteiger charge is -2.40. The second-order valence-electron chi connectivity index (χ2n) is 8.32. The molecule has 0 spiro atoms. The molecule has 9 heteroatoms. The molecule has 8 nitrogen and oxygen atoms in total. The maximum absolute atomic E-state index is 10.5. The van der Waals surface area contributed by atoms with E-state index in [0.717, 1.165) is 17.7 Å². The van der Waals surface area contributed by atoms with E-state index < -0.39 is 43.2 Å². The van der Waals surface area contributed by atoms with Crippen molar-refractivity contribution in [1.82, 2.24) is 0 Å². The number of benzene rings is 2. The van der Waals surface area contributed by atoms with Gasteiger partial charge in [0.15, 0.2) is 0 Å². The molecule has 0 radical (unpaired) electrons. The van der Waals surface area contributed by atoms with Crippen LogP contribution in [-0.2, 0) is 14.2 Å². The van der Waals surface area contributed by atoms with Crippen molar-refractivity contribution in [3.63, 3.8) is 0 Å². The number of aliphatic hydroxyl groups excluding tert-OH is 4. The molecule has 2 fully saturated rings. The van der Waals surface area contributed by atoms with E-state index in [0.29, 0.717) is 29.4 Å². The van der Waals surface area contributed by atoms with Crippen molar-refractivity contribution in [3.8, 4) is 5.75 Å². The molecule has 0 amide bonds. The number of aliphatic hydroxyl groups is 4. The zero-order valence-corrected chi connectivity index (χ0v) is 19.0.